The number of aliphatic hydroxyl groups is 1. The molecular formula is C20H30O3. The van der Waals surface area contributed by atoms with Gasteiger partial charge in [0.2, 0.25) is 0 Å². The molecule has 23 heavy (non-hydrogen) atoms. The van der Waals surface area contributed by atoms with Crippen molar-refractivity contribution >= 4 is 0 Å². The zero-order valence-corrected chi connectivity index (χ0v) is 14.8. The molecule has 0 heterocycles. The Morgan fingerprint density at radius 1 is 1.17 bits per heavy atom. The second-order valence-electron chi connectivity index (χ2n) is 8.60. The molecule has 0 bridgehead atoms. The Morgan fingerprint density at radius 2 is 1.87 bits per heavy atom. The first kappa shape index (κ1) is 16.6. The first-order chi connectivity index (χ1) is 10.7. The molecule has 3 N–H and O–H groups in total. The Balaban J connectivity index is 2.24. The van der Waals surface area contributed by atoms with Crippen LogP contribution in [0, 0.1) is 11.3 Å². The van der Waals surface area contributed by atoms with Crippen LogP contribution in [0.5, 0.6) is 11.5 Å². The van der Waals surface area contributed by atoms with Crippen molar-refractivity contribution in [3.8, 4) is 11.5 Å². The van der Waals surface area contributed by atoms with E-state index in [4.69, 9.17) is 0 Å². The third-order valence-corrected chi connectivity index (χ3v) is 6.54. The monoisotopic (exact) mass is 318 g/mol. The van der Waals surface area contributed by atoms with Crippen molar-refractivity contribution in [3.63, 3.8) is 0 Å². The van der Waals surface area contributed by atoms with E-state index in [0.29, 0.717) is 5.92 Å². The number of phenols is 2. The molecule has 0 aliphatic heterocycles. The van der Waals surface area contributed by atoms with Crippen LogP contribution in [0.25, 0.3) is 0 Å². The lowest BCUT2D eigenvalue weighted by molar-refractivity contribution is -0.00662. The highest BCUT2D eigenvalue weighted by molar-refractivity contribution is 5.59. The van der Waals surface area contributed by atoms with Crippen LogP contribution in [0.2, 0.25) is 0 Å². The fourth-order valence-corrected chi connectivity index (χ4v) is 5.42. The van der Waals surface area contributed by atoms with E-state index in [1.54, 1.807) is 0 Å². The fraction of sp³-hybridized carbons (Fsp3) is 0.700. The van der Waals surface area contributed by atoms with Gasteiger partial charge in [-0.15, -0.1) is 0 Å². The summed E-state index contributed by atoms with van der Waals surface area (Å²) in [4.78, 5) is 0. The SMILES string of the molecule is CC(C)c1cc2c(c(O)c1O)C1(CO)CCCC(C)(C)C1CC2. The average Bonchev–Trinajstić information content (AvgIpc) is 2.49. The smallest absolute Gasteiger partial charge is 0.161 e. The second kappa shape index (κ2) is 5.41. The third kappa shape index (κ3) is 2.27. The summed E-state index contributed by atoms with van der Waals surface area (Å²) >= 11 is 0. The number of benzene rings is 1. The minimum absolute atomic E-state index is 0.00982. The number of phenolic OH excluding ortho intramolecular Hbond substituents is 2. The van der Waals surface area contributed by atoms with Crippen LogP contribution in [-0.4, -0.2) is 21.9 Å². The molecule has 0 aromatic heterocycles. The van der Waals surface area contributed by atoms with Crippen molar-refractivity contribution in [3.05, 3.63) is 22.8 Å². The highest BCUT2D eigenvalue weighted by atomic mass is 16.3. The summed E-state index contributed by atoms with van der Waals surface area (Å²) in [6, 6.07) is 2.06. The lowest BCUT2D eigenvalue weighted by Crippen LogP contribution is -2.51. The number of rotatable bonds is 2. The number of fused-ring (bicyclic) bond motifs is 3. The minimum atomic E-state index is -0.410. The van der Waals surface area contributed by atoms with Gasteiger partial charge in [-0.25, -0.2) is 0 Å². The van der Waals surface area contributed by atoms with Gasteiger partial charge in [0, 0.05) is 16.5 Å². The number of aryl methyl sites for hydroxylation is 1. The molecule has 1 aromatic rings. The zero-order valence-electron chi connectivity index (χ0n) is 14.8. The van der Waals surface area contributed by atoms with Gasteiger partial charge in [-0.05, 0) is 48.5 Å². The van der Waals surface area contributed by atoms with E-state index >= 15 is 0 Å². The van der Waals surface area contributed by atoms with Gasteiger partial charge in [0.25, 0.3) is 0 Å². The molecule has 0 radical (unpaired) electrons. The number of hydrogen-bond donors (Lipinski definition) is 3. The topological polar surface area (TPSA) is 60.7 Å². The number of aliphatic hydroxyl groups excluding tert-OH is 1. The van der Waals surface area contributed by atoms with E-state index in [1.165, 1.54) is 0 Å². The summed E-state index contributed by atoms with van der Waals surface area (Å²) in [5.74, 6) is 0.534. The van der Waals surface area contributed by atoms with Gasteiger partial charge in [0.05, 0.1) is 6.61 Å². The van der Waals surface area contributed by atoms with Crippen LogP contribution in [-0.2, 0) is 11.8 Å². The second-order valence-corrected chi connectivity index (χ2v) is 8.60. The molecule has 1 saturated carbocycles. The average molecular weight is 318 g/mol. The molecule has 2 atom stereocenters. The fourth-order valence-electron chi connectivity index (χ4n) is 5.42. The first-order valence-corrected chi connectivity index (χ1v) is 8.93. The van der Waals surface area contributed by atoms with Crippen LogP contribution in [0.3, 0.4) is 0 Å². The molecule has 3 heteroatoms. The highest BCUT2D eigenvalue weighted by Gasteiger charge is 2.53. The molecule has 128 valence electrons. The highest BCUT2D eigenvalue weighted by Crippen LogP contribution is 2.60. The summed E-state index contributed by atoms with van der Waals surface area (Å²) in [5.41, 5.74) is 2.49. The Hall–Kier alpha value is -1.22. The van der Waals surface area contributed by atoms with Crippen LogP contribution in [0.15, 0.2) is 6.07 Å². The van der Waals surface area contributed by atoms with Crippen molar-refractivity contribution in [1.29, 1.82) is 0 Å². The lowest BCUT2D eigenvalue weighted by Gasteiger charge is -2.55. The van der Waals surface area contributed by atoms with E-state index in [1.807, 2.05) is 13.8 Å². The van der Waals surface area contributed by atoms with Crippen LogP contribution in [0.1, 0.15) is 76.0 Å². The molecule has 3 rings (SSSR count). The van der Waals surface area contributed by atoms with Gasteiger partial charge in [0.15, 0.2) is 11.5 Å². The van der Waals surface area contributed by atoms with Gasteiger partial charge in [-0.1, -0.05) is 40.2 Å². The maximum Gasteiger partial charge on any atom is 0.161 e. The molecule has 0 amide bonds. The molecule has 1 fully saturated rings. The zero-order chi connectivity index (χ0) is 17.0. The van der Waals surface area contributed by atoms with Crippen molar-refractivity contribution in [2.24, 2.45) is 11.3 Å². The Kier molecular flexibility index (Phi) is 3.91. The van der Waals surface area contributed by atoms with Crippen LogP contribution >= 0.6 is 0 Å². The lowest BCUT2D eigenvalue weighted by atomic mass is 9.49. The summed E-state index contributed by atoms with van der Waals surface area (Å²) in [5, 5.41) is 31.7. The minimum Gasteiger partial charge on any atom is -0.504 e. The summed E-state index contributed by atoms with van der Waals surface area (Å²) in [6.07, 6.45) is 5.06. The van der Waals surface area contributed by atoms with Gasteiger partial charge in [-0.3, -0.25) is 0 Å². The van der Waals surface area contributed by atoms with E-state index in [-0.39, 0.29) is 29.4 Å². The molecule has 3 nitrogen and oxygen atoms in total. The maximum atomic E-state index is 10.8. The standard InChI is InChI=1S/C20H30O3/c1-12(2)14-10-13-6-7-15-19(3,4)8-5-9-20(15,11-21)16(13)18(23)17(14)22/h10,12,15,21-23H,5-9,11H2,1-4H3. The summed E-state index contributed by atoms with van der Waals surface area (Å²) < 4.78 is 0. The molecule has 0 spiro atoms. The predicted molar refractivity (Wildman–Crippen MR) is 92.1 cm³/mol. The van der Waals surface area contributed by atoms with Gasteiger partial charge in [0.1, 0.15) is 0 Å². The van der Waals surface area contributed by atoms with Gasteiger partial charge in [-0.2, -0.15) is 0 Å². The Bertz CT molecular complexity index is 618. The largest absolute Gasteiger partial charge is 0.504 e. The van der Waals surface area contributed by atoms with Crippen molar-refractivity contribution in [2.45, 2.75) is 71.1 Å². The molecule has 2 unspecified atom stereocenters. The van der Waals surface area contributed by atoms with E-state index in [0.717, 1.165) is 48.8 Å². The molecule has 2 aliphatic carbocycles. The molecular weight excluding hydrogens is 288 g/mol. The number of hydrogen-bond acceptors (Lipinski definition) is 3. The summed E-state index contributed by atoms with van der Waals surface area (Å²) in [7, 11) is 0. The summed E-state index contributed by atoms with van der Waals surface area (Å²) in [6.45, 7) is 8.66. The van der Waals surface area contributed by atoms with Gasteiger partial charge >= 0.3 is 0 Å². The van der Waals surface area contributed by atoms with Gasteiger partial charge < -0.3 is 15.3 Å². The van der Waals surface area contributed by atoms with E-state index in [2.05, 4.69) is 19.9 Å². The maximum absolute atomic E-state index is 10.8. The predicted octanol–water partition coefficient (Wildman–Crippen LogP) is 4.22. The third-order valence-electron chi connectivity index (χ3n) is 6.54. The first-order valence-electron chi connectivity index (χ1n) is 8.93. The van der Waals surface area contributed by atoms with Crippen LogP contribution in [0.4, 0.5) is 0 Å². The number of aromatic hydroxyl groups is 2. The Labute approximate surface area is 139 Å². The normalized spacial score (nSPS) is 29.2. The Morgan fingerprint density at radius 3 is 2.48 bits per heavy atom. The van der Waals surface area contributed by atoms with E-state index in [9.17, 15) is 15.3 Å². The van der Waals surface area contributed by atoms with Crippen molar-refractivity contribution in [1.82, 2.24) is 0 Å². The molecule has 1 aromatic carbocycles. The van der Waals surface area contributed by atoms with E-state index < -0.39 is 5.41 Å². The molecule has 2 aliphatic rings. The molecule has 0 saturated heterocycles. The quantitative estimate of drug-likeness (QED) is 0.715. The van der Waals surface area contributed by atoms with Crippen molar-refractivity contribution < 1.29 is 15.3 Å². The van der Waals surface area contributed by atoms with Crippen molar-refractivity contribution in [2.75, 3.05) is 6.61 Å². The van der Waals surface area contributed by atoms with Crippen LogP contribution < -0.4 is 0 Å².